The molecule has 8 aromatic rings. The molecular formula is C53H53F2N3. The molecule has 58 heavy (non-hydrogen) atoms. The number of hydrogen-bond donors (Lipinski definition) is 0. The van der Waals surface area contributed by atoms with Crippen molar-refractivity contribution in [3.05, 3.63) is 143 Å². The van der Waals surface area contributed by atoms with Crippen LogP contribution in [0.5, 0.6) is 0 Å². The first-order valence-corrected chi connectivity index (χ1v) is 21.5. The van der Waals surface area contributed by atoms with E-state index in [-0.39, 0.29) is 5.56 Å². The number of rotatable bonds is 15. The molecule has 0 bridgehead atoms. The van der Waals surface area contributed by atoms with Crippen LogP contribution in [0.1, 0.15) is 107 Å². The molecule has 2 heterocycles. The molecule has 2 aromatic heterocycles. The maximum absolute atomic E-state index is 15.9. The highest BCUT2D eigenvalue weighted by Crippen LogP contribution is 2.42. The fourth-order valence-corrected chi connectivity index (χ4v) is 8.90. The second-order valence-corrected chi connectivity index (χ2v) is 16.1. The Hall–Kier alpha value is -5.73. The summed E-state index contributed by atoms with van der Waals surface area (Å²) >= 11 is 0. The second kappa shape index (κ2) is 17.0. The lowest BCUT2D eigenvalue weighted by atomic mass is 9.99. The monoisotopic (exact) mass is 769 g/mol. The van der Waals surface area contributed by atoms with E-state index in [0.717, 1.165) is 121 Å². The molecule has 0 atom stereocenters. The third kappa shape index (κ3) is 7.19. The molecule has 0 N–H and O–H groups in total. The number of aromatic nitrogens is 2. The molecule has 8 rings (SSSR count). The molecule has 6 aromatic carbocycles. The molecule has 0 amide bonds. The molecule has 0 aliphatic carbocycles. The van der Waals surface area contributed by atoms with Crippen LogP contribution in [0.25, 0.3) is 66.1 Å². The minimum atomic E-state index is -0.645. The smallest absolute Gasteiger partial charge is 0.133 e. The summed E-state index contributed by atoms with van der Waals surface area (Å²) in [6, 6.07) is 36.9. The van der Waals surface area contributed by atoms with Gasteiger partial charge in [0.1, 0.15) is 23.3 Å². The van der Waals surface area contributed by atoms with Crippen LogP contribution in [0.2, 0.25) is 0 Å². The molecule has 0 aliphatic rings. The summed E-state index contributed by atoms with van der Waals surface area (Å²) in [5.41, 5.74) is 10.8. The van der Waals surface area contributed by atoms with Gasteiger partial charge in [0.15, 0.2) is 0 Å². The zero-order chi connectivity index (χ0) is 40.3. The highest BCUT2D eigenvalue weighted by atomic mass is 19.1. The van der Waals surface area contributed by atoms with Gasteiger partial charge in [-0.2, -0.15) is 5.26 Å². The maximum atomic E-state index is 15.9. The highest BCUT2D eigenvalue weighted by Gasteiger charge is 2.25. The summed E-state index contributed by atoms with van der Waals surface area (Å²) in [6.07, 6.45) is 12.8. The van der Waals surface area contributed by atoms with Crippen LogP contribution >= 0.6 is 0 Å². The van der Waals surface area contributed by atoms with Crippen molar-refractivity contribution in [2.45, 2.75) is 105 Å². The molecule has 0 spiro atoms. The first-order chi connectivity index (χ1) is 28.4. The fourth-order valence-electron chi connectivity index (χ4n) is 8.90. The Morgan fingerprint density at radius 2 is 0.793 bits per heavy atom. The van der Waals surface area contributed by atoms with E-state index < -0.39 is 11.6 Å². The van der Waals surface area contributed by atoms with Crippen molar-refractivity contribution < 1.29 is 8.78 Å². The third-order valence-corrected chi connectivity index (χ3v) is 12.0. The summed E-state index contributed by atoms with van der Waals surface area (Å²) < 4.78 is 36.2. The fraction of sp³-hybridized carbons (Fsp3) is 0.302. The van der Waals surface area contributed by atoms with Crippen LogP contribution in [0, 0.1) is 23.0 Å². The Labute approximate surface area is 341 Å². The highest BCUT2D eigenvalue weighted by molar-refractivity contribution is 6.11. The van der Waals surface area contributed by atoms with Gasteiger partial charge in [-0.15, -0.1) is 0 Å². The Morgan fingerprint density at radius 1 is 0.466 bits per heavy atom. The molecule has 0 saturated heterocycles. The number of benzene rings is 6. The van der Waals surface area contributed by atoms with Crippen LogP contribution < -0.4 is 0 Å². The summed E-state index contributed by atoms with van der Waals surface area (Å²) in [7, 11) is 0. The quantitative estimate of drug-likeness (QED) is 0.102. The van der Waals surface area contributed by atoms with Crippen molar-refractivity contribution in [1.29, 1.82) is 5.26 Å². The minimum absolute atomic E-state index is 0.108. The molecule has 3 nitrogen and oxygen atoms in total. The topological polar surface area (TPSA) is 33.6 Å². The number of unbranched alkanes of at least 4 members (excludes halogenated alkanes) is 4. The van der Waals surface area contributed by atoms with Crippen molar-refractivity contribution in [2.24, 2.45) is 0 Å². The lowest BCUT2D eigenvalue weighted by Crippen LogP contribution is -2.06. The van der Waals surface area contributed by atoms with E-state index in [1.807, 2.05) is 12.1 Å². The zero-order valence-electron chi connectivity index (χ0n) is 34.4. The summed E-state index contributed by atoms with van der Waals surface area (Å²) in [4.78, 5) is 0. The van der Waals surface area contributed by atoms with E-state index in [9.17, 15) is 5.26 Å². The lowest BCUT2D eigenvalue weighted by molar-refractivity contribution is 0.589. The van der Waals surface area contributed by atoms with Gasteiger partial charge in [0.25, 0.3) is 0 Å². The van der Waals surface area contributed by atoms with Crippen molar-refractivity contribution in [1.82, 2.24) is 9.13 Å². The molecular weight excluding hydrogens is 717 g/mol. The average molecular weight is 770 g/mol. The second-order valence-electron chi connectivity index (χ2n) is 16.1. The van der Waals surface area contributed by atoms with Gasteiger partial charge >= 0.3 is 0 Å². The SMILES string of the molecule is CCCCc1ccc2c(c1)c1cc(CCCC)ccc1n2-c1cc(-c2c(F)cccc2F)cc(-n2c3ccc(CCCC)cc3c3cc(CCCC)ccc32)c1C#N. The van der Waals surface area contributed by atoms with Gasteiger partial charge in [0.2, 0.25) is 0 Å². The number of nitrogens with zero attached hydrogens (tertiary/aromatic N) is 3. The van der Waals surface area contributed by atoms with E-state index in [1.165, 1.54) is 40.5 Å². The van der Waals surface area contributed by atoms with E-state index in [0.29, 0.717) is 22.5 Å². The van der Waals surface area contributed by atoms with E-state index in [1.54, 1.807) is 0 Å². The Morgan fingerprint density at radius 3 is 1.09 bits per heavy atom. The Balaban J connectivity index is 1.48. The standard InChI is InChI=1S/C53H53F2N3/c1-5-9-14-35-20-24-47-40(28-35)41-29-36(15-10-6-2)21-25-48(41)57(47)51-32-39(53-45(54)18-13-19-46(53)55)33-52(44(51)34-56)58-49-26-22-37(16-11-7-3)30-42(49)43-31-38(17-12-8-4)23-27-50(43)58/h13,18-33H,5-12,14-17H2,1-4H3. The number of fused-ring (bicyclic) bond motifs is 6. The summed E-state index contributed by atoms with van der Waals surface area (Å²) in [6.45, 7) is 8.85. The largest absolute Gasteiger partial charge is 0.308 e. The van der Waals surface area contributed by atoms with Gasteiger partial charge in [0, 0.05) is 21.5 Å². The normalized spacial score (nSPS) is 11.7. The minimum Gasteiger partial charge on any atom is -0.308 e. The number of hydrogen-bond acceptors (Lipinski definition) is 1. The van der Waals surface area contributed by atoms with Crippen molar-refractivity contribution >= 4 is 43.6 Å². The number of aryl methyl sites for hydroxylation is 4. The van der Waals surface area contributed by atoms with Crippen molar-refractivity contribution in [3.8, 4) is 28.6 Å². The summed E-state index contributed by atoms with van der Waals surface area (Å²) in [5.74, 6) is -1.29. The Kier molecular flexibility index (Phi) is 11.5. The third-order valence-electron chi connectivity index (χ3n) is 12.0. The van der Waals surface area contributed by atoms with E-state index >= 15 is 8.78 Å². The lowest BCUT2D eigenvalue weighted by Gasteiger charge is -2.19. The van der Waals surface area contributed by atoms with Crippen LogP contribution in [0.4, 0.5) is 8.78 Å². The van der Waals surface area contributed by atoms with Gasteiger partial charge in [0.05, 0.1) is 39.0 Å². The van der Waals surface area contributed by atoms with Gasteiger partial charge < -0.3 is 9.13 Å². The van der Waals surface area contributed by atoms with Crippen molar-refractivity contribution in [2.75, 3.05) is 0 Å². The predicted molar refractivity (Wildman–Crippen MR) is 240 cm³/mol. The molecule has 0 radical (unpaired) electrons. The number of halogens is 2. The zero-order valence-corrected chi connectivity index (χ0v) is 34.4. The molecule has 0 saturated carbocycles. The van der Waals surface area contributed by atoms with Crippen LogP contribution in [0.15, 0.2) is 103 Å². The van der Waals surface area contributed by atoms with E-state index in [2.05, 4.69) is 116 Å². The molecule has 0 unspecified atom stereocenters. The van der Waals surface area contributed by atoms with Gasteiger partial charge in [-0.3, -0.25) is 0 Å². The van der Waals surface area contributed by atoms with Crippen LogP contribution in [-0.4, -0.2) is 9.13 Å². The first-order valence-electron chi connectivity index (χ1n) is 21.5. The van der Waals surface area contributed by atoms with Crippen LogP contribution in [0.3, 0.4) is 0 Å². The molecule has 0 fully saturated rings. The molecule has 5 heteroatoms. The first kappa shape index (κ1) is 39.1. The molecule has 0 aliphatic heterocycles. The average Bonchev–Trinajstić information content (AvgIpc) is 3.74. The van der Waals surface area contributed by atoms with Crippen molar-refractivity contribution in [3.63, 3.8) is 0 Å². The van der Waals surface area contributed by atoms with Crippen LogP contribution in [-0.2, 0) is 25.7 Å². The van der Waals surface area contributed by atoms with Gasteiger partial charge in [-0.05, 0) is 152 Å². The van der Waals surface area contributed by atoms with Gasteiger partial charge in [-0.1, -0.05) is 83.7 Å². The Bertz CT molecular complexity index is 2520. The number of nitriles is 1. The maximum Gasteiger partial charge on any atom is 0.133 e. The summed E-state index contributed by atoms with van der Waals surface area (Å²) in [5, 5.41) is 15.9. The predicted octanol–water partition coefficient (Wildman–Crippen LogP) is 15.1. The van der Waals surface area contributed by atoms with E-state index in [4.69, 9.17) is 0 Å². The molecule has 294 valence electrons. The van der Waals surface area contributed by atoms with Gasteiger partial charge in [-0.25, -0.2) is 8.78 Å².